The van der Waals surface area contributed by atoms with Crippen LogP contribution in [0.5, 0.6) is 0 Å². The zero-order valence-electron chi connectivity index (χ0n) is 8.26. The summed E-state index contributed by atoms with van der Waals surface area (Å²) >= 11 is 5.83. The van der Waals surface area contributed by atoms with Crippen LogP contribution in [0.2, 0.25) is 5.02 Å². The van der Waals surface area contributed by atoms with E-state index in [0.29, 0.717) is 5.56 Å². The minimum Gasteiger partial charge on any atom is -0.258 e. The third-order valence-corrected chi connectivity index (χ3v) is 2.56. The molecule has 2 aromatic rings. The van der Waals surface area contributed by atoms with Crippen LogP contribution in [0, 0.1) is 10.1 Å². The van der Waals surface area contributed by atoms with Gasteiger partial charge in [-0.1, -0.05) is 48.0 Å². The van der Waals surface area contributed by atoms with Crippen molar-refractivity contribution in [3.05, 3.63) is 63.7 Å². The monoisotopic (exact) mass is 233 g/mol. The van der Waals surface area contributed by atoms with Crippen LogP contribution < -0.4 is 0 Å². The number of para-hydroxylation sites is 1. The summed E-state index contributed by atoms with van der Waals surface area (Å²) in [6, 6.07) is 14.1. The van der Waals surface area contributed by atoms with Gasteiger partial charge < -0.3 is 0 Å². The summed E-state index contributed by atoms with van der Waals surface area (Å²) in [5.74, 6) is 0. The molecule has 0 N–H and O–H groups in total. The van der Waals surface area contributed by atoms with Crippen molar-refractivity contribution in [2.24, 2.45) is 0 Å². The molecule has 0 heterocycles. The normalized spacial score (nSPS) is 10.1. The Bertz CT molecular complexity index is 526. The van der Waals surface area contributed by atoms with E-state index < -0.39 is 4.92 Å². The first-order chi connectivity index (χ1) is 7.70. The van der Waals surface area contributed by atoms with Gasteiger partial charge in [-0.05, 0) is 17.7 Å². The molecule has 4 heteroatoms. The quantitative estimate of drug-likeness (QED) is 0.583. The summed E-state index contributed by atoms with van der Waals surface area (Å²) in [5.41, 5.74) is 1.28. The van der Waals surface area contributed by atoms with Crippen molar-refractivity contribution in [1.82, 2.24) is 0 Å². The molecule has 2 rings (SSSR count). The number of rotatable bonds is 2. The van der Waals surface area contributed by atoms with Gasteiger partial charge in [0.15, 0.2) is 0 Å². The molecule has 0 saturated carbocycles. The molecule has 0 aliphatic heterocycles. The maximum absolute atomic E-state index is 10.9. The second-order valence-electron chi connectivity index (χ2n) is 3.26. The highest BCUT2D eigenvalue weighted by atomic mass is 35.5. The van der Waals surface area contributed by atoms with Gasteiger partial charge in [0.1, 0.15) is 5.02 Å². The lowest BCUT2D eigenvalue weighted by Crippen LogP contribution is -1.92. The molecule has 0 atom stereocenters. The van der Waals surface area contributed by atoms with E-state index in [1.807, 2.05) is 30.3 Å². The van der Waals surface area contributed by atoms with Crippen LogP contribution in [0.3, 0.4) is 0 Å². The van der Waals surface area contributed by atoms with E-state index in [1.165, 1.54) is 6.07 Å². The van der Waals surface area contributed by atoms with Gasteiger partial charge in [-0.15, -0.1) is 0 Å². The fraction of sp³-hybridized carbons (Fsp3) is 0. The highest BCUT2D eigenvalue weighted by Crippen LogP contribution is 2.35. The fourth-order valence-corrected chi connectivity index (χ4v) is 1.80. The van der Waals surface area contributed by atoms with Crippen LogP contribution in [0.15, 0.2) is 48.5 Å². The van der Waals surface area contributed by atoms with Gasteiger partial charge in [0, 0.05) is 0 Å². The van der Waals surface area contributed by atoms with Crippen LogP contribution in [-0.2, 0) is 0 Å². The van der Waals surface area contributed by atoms with Crippen LogP contribution >= 0.6 is 11.6 Å². The van der Waals surface area contributed by atoms with Gasteiger partial charge in [0.25, 0.3) is 5.69 Å². The molecular weight excluding hydrogens is 226 g/mol. The predicted octanol–water partition coefficient (Wildman–Crippen LogP) is 3.92. The maximum Gasteiger partial charge on any atom is 0.295 e. The third-order valence-electron chi connectivity index (χ3n) is 2.25. The summed E-state index contributed by atoms with van der Waals surface area (Å²) in [5, 5.41) is 11.1. The number of nitro benzene ring substituents is 1. The second-order valence-corrected chi connectivity index (χ2v) is 3.67. The molecule has 80 valence electrons. The number of nitrogens with zero attached hydrogens (tertiary/aromatic N) is 1. The first-order valence-electron chi connectivity index (χ1n) is 4.68. The summed E-state index contributed by atoms with van der Waals surface area (Å²) < 4.78 is 0. The lowest BCUT2D eigenvalue weighted by atomic mass is 10.0. The largest absolute Gasteiger partial charge is 0.295 e. The van der Waals surface area contributed by atoms with Gasteiger partial charge in [-0.25, -0.2) is 0 Å². The molecule has 0 aliphatic carbocycles. The van der Waals surface area contributed by atoms with Gasteiger partial charge in [0.05, 0.1) is 10.5 Å². The number of nitro groups is 1. The second kappa shape index (κ2) is 4.33. The van der Waals surface area contributed by atoms with E-state index in [0.717, 1.165) is 5.56 Å². The Kier molecular flexibility index (Phi) is 2.88. The first-order valence-corrected chi connectivity index (χ1v) is 5.06. The minimum absolute atomic E-state index is 0.0460. The Hall–Kier alpha value is -1.87. The van der Waals surface area contributed by atoms with Crippen molar-refractivity contribution >= 4 is 17.3 Å². The molecule has 16 heavy (non-hydrogen) atoms. The molecule has 0 aliphatic rings. The third kappa shape index (κ3) is 1.90. The molecular formula is C12H8ClNO2. The average Bonchev–Trinajstić information content (AvgIpc) is 2.29. The van der Waals surface area contributed by atoms with Crippen LogP contribution in [0.25, 0.3) is 11.1 Å². The summed E-state index contributed by atoms with van der Waals surface area (Å²) in [6.07, 6.45) is 0. The van der Waals surface area contributed by atoms with Gasteiger partial charge in [-0.3, -0.25) is 10.1 Å². The van der Waals surface area contributed by atoms with Crippen molar-refractivity contribution in [3.63, 3.8) is 0 Å². The SMILES string of the molecule is O=[N+]([O-])c1c(Cl)cccc1-c1ccccc1. The van der Waals surface area contributed by atoms with E-state index in [9.17, 15) is 10.1 Å². The lowest BCUT2D eigenvalue weighted by Gasteiger charge is -2.03. The van der Waals surface area contributed by atoms with Gasteiger partial charge >= 0.3 is 0 Å². The molecule has 0 bridgehead atoms. The van der Waals surface area contributed by atoms with Crippen molar-refractivity contribution in [1.29, 1.82) is 0 Å². The number of hydrogen-bond donors (Lipinski definition) is 0. The average molecular weight is 234 g/mol. The van der Waals surface area contributed by atoms with Crippen LogP contribution in [-0.4, -0.2) is 4.92 Å². The zero-order chi connectivity index (χ0) is 11.5. The summed E-state index contributed by atoms with van der Waals surface area (Å²) in [4.78, 5) is 10.5. The molecule has 0 fully saturated rings. The number of halogens is 1. The molecule has 0 radical (unpaired) electrons. The highest BCUT2D eigenvalue weighted by Gasteiger charge is 2.18. The molecule has 3 nitrogen and oxygen atoms in total. The van der Waals surface area contributed by atoms with E-state index in [1.54, 1.807) is 12.1 Å². The number of benzene rings is 2. The van der Waals surface area contributed by atoms with Crippen molar-refractivity contribution < 1.29 is 4.92 Å². The van der Waals surface area contributed by atoms with Crippen molar-refractivity contribution in [2.45, 2.75) is 0 Å². The van der Waals surface area contributed by atoms with Crippen molar-refractivity contribution in [2.75, 3.05) is 0 Å². The molecule has 0 spiro atoms. The topological polar surface area (TPSA) is 43.1 Å². The van der Waals surface area contributed by atoms with Crippen molar-refractivity contribution in [3.8, 4) is 11.1 Å². The van der Waals surface area contributed by atoms with E-state index in [2.05, 4.69) is 0 Å². The van der Waals surface area contributed by atoms with E-state index >= 15 is 0 Å². The molecule has 0 saturated heterocycles. The van der Waals surface area contributed by atoms with E-state index in [4.69, 9.17) is 11.6 Å². The Morgan fingerprint density at radius 1 is 1.00 bits per heavy atom. The highest BCUT2D eigenvalue weighted by molar-refractivity contribution is 6.33. The molecule has 0 unspecified atom stereocenters. The smallest absolute Gasteiger partial charge is 0.258 e. The maximum atomic E-state index is 10.9. The molecule has 0 amide bonds. The standard InChI is InChI=1S/C12H8ClNO2/c13-11-8-4-7-10(12(11)14(15)16)9-5-2-1-3-6-9/h1-8H. The van der Waals surface area contributed by atoms with Gasteiger partial charge in [0.2, 0.25) is 0 Å². The van der Waals surface area contributed by atoms with Crippen LogP contribution in [0.4, 0.5) is 5.69 Å². The Morgan fingerprint density at radius 2 is 1.69 bits per heavy atom. The Labute approximate surface area is 97.4 Å². The lowest BCUT2D eigenvalue weighted by molar-refractivity contribution is -0.384. The summed E-state index contributed by atoms with van der Waals surface area (Å²) in [6.45, 7) is 0. The molecule has 2 aromatic carbocycles. The minimum atomic E-state index is -0.454. The van der Waals surface area contributed by atoms with Gasteiger partial charge in [-0.2, -0.15) is 0 Å². The predicted molar refractivity (Wildman–Crippen MR) is 63.5 cm³/mol. The zero-order valence-corrected chi connectivity index (χ0v) is 9.02. The van der Waals surface area contributed by atoms with Crippen LogP contribution in [0.1, 0.15) is 0 Å². The van der Waals surface area contributed by atoms with E-state index in [-0.39, 0.29) is 10.7 Å². The first kappa shape index (κ1) is 10.6. The summed E-state index contributed by atoms with van der Waals surface area (Å²) in [7, 11) is 0. The molecule has 0 aromatic heterocycles. The Morgan fingerprint density at radius 3 is 2.31 bits per heavy atom. The Balaban J connectivity index is 2.66. The fourth-order valence-electron chi connectivity index (χ4n) is 1.55. The number of hydrogen-bond acceptors (Lipinski definition) is 2.